The zero-order valence-electron chi connectivity index (χ0n) is 14.3. The fraction of sp³-hybridized carbons (Fsp3) is 0.211. The second-order valence-electron chi connectivity index (χ2n) is 5.64. The number of nitrogens with zero attached hydrogens (tertiary/aromatic N) is 4. The molecule has 4 rings (SSSR count). The van der Waals surface area contributed by atoms with Gasteiger partial charge in [0.2, 0.25) is 5.89 Å². The molecule has 0 spiro atoms. The maximum absolute atomic E-state index is 5.75. The number of fused-ring (bicyclic) bond motifs is 1. The van der Waals surface area contributed by atoms with Crippen molar-refractivity contribution in [3.05, 3.63) is 66.1 Å². The zero-order valence-corrected chi connectivity index (χ0v) is 16.0. The van der Waals surface area contributed by atoms with Gasteiger partial charge in [0.1, 0.15) is 6.54 Å². The van der Waals surface area contributed by atoms with E-state index < -0.39 is 0 Å². The number of imidazole rings is 1. The molecule has 0 saturated heterocycles. The molecule has 132 valence electrons. The summed E-state index contributed by atoms with van der Waals surface area (Å²) in [6.45, 7) is 2.59. The van der Waals surface area contributed by atoms with E-state index in [2.05, 4.69) is 52.0 Å². The minimum atomic E-state index is 0.523. The molecule has 0 unspecified atom stereocenters. The van der Waals surface area contributed by atoms with Crippen LogP contribution >= 0.6 is 23.5 Å². The molecule has 4 aromatic rings. The number of aromatic nitrogens is 4. The quantitative estimate of drug-likeness (QED) is 0.425. The van der Waals surface area contributed by atoms with Gasteiger partial charge < -0.3 is 8.98 Å². The summed E-state index contributed by atoms with van der Waals surface area (Å²) in [6.07, 6.45) is 0. The molecular formula is C19H18N4OS2. The van der Waals surface area contributed by atoms with Gasteiger partial charge in [0, 0.05) is 5.75 Å². The highest BCUT2D eigenvalue weighted by molar-refractivity contribution is 7.99. The van der Waals surface area contributed by atoms with Gasteiger partial charge in [0.05, 0.1) is 11.0 Å². The third-order valence-corrected chi connectivity index (χ3v) is 5.59. The van der Waals surface area contributed by atoms with Crippen LogP contribution in [0.3, 0.4) is 0 Å². The molecule has 0 bridgehead atoms. The largest absolute Gasteiger partial charge is 0.414 e. The predicted molar refractivity (Wildman–Crippen MR) is 106 cm³/mol. The molecule has 0 amide bonds. The van der Waals surface area contributed by atoms with Crippen molar-refractivity contribution in [2.45, 2.75) is 29.6 Å². The Bertz CT molecular complexity index is 997. The van der Waals surface area contributed by atoms with Gasteiger partial charge in [0.15, 0.2) is 5.16 Å². The Balaban J connectivity index is 1.62. The molecular weight excluding hydrogens is 364 g/mol. The van der Waals surface area contributed by atoms with Crippen LogP contribution in [0, 0.1) is 0 Å². The predicted octanol–water partition coefficient (Wildman–Crippen LogP) is 4.87. The Kier molecular flexibility index (Phi) is 5.26. The van der Waals surface area contributed by atoms with E-state index in [0.29, 0.717) is 17.7 Å². The lowest BCUT2D eigenvalue weighted by atomic mass is 10.2. The fourth-order valence-corrected chi connectivity index (χ4v) is 4.13. The average Bonchev–Trinajstić information content (AvgIpc) is 3.26. The van der Waals surface area contributed by atoms with Crippen molar-refractivity contribution in [2.75, 3.05) is 5.75 Å². The molecule has 0 aliphatic heterocycles. The highest BCUT2D eigenvalue weighted by Gasteiger charge is 2.15. The van der Waals surface area contributed by atoms with Crippen molar-refractivity contribution < 1.29 is 4.42 Å². The Morgan fingerprint density at radius 2 is 1.77 bits per heavy atom. The number of benzene rings is 2. The molecule has 7 heteroatoms. The summed E-state index contributed by atoms with van der Waals surface area (Å²) in [4.78, 5) is 4.80. The zero-order chi connectivity index (χ0) is 17.8. The number of thioether (sulfide) groups is 2. The van der Waals surface area contributed by atoms with Crippen molar-refractivity contribution in [3.8, 4) is 0 Å². The second-order valence-corrected chi connectivity index (χ2v) is 7.80. The maximum Gasteiger partial charge on any atom is 0.276 e. The molecule has 2 heterocycles. The van der Waals surface area contributed by atoms with Crippen molar-refractivity contribution in [1.29, 1.82) is 0 Å². The van der Waals surface area contributed by atoms with Gasteiger partial charge in [-0.1, -0.05) is 72.9 Å². The molecule has 0 radical (unpaired) electrons. The second kappa shape index (κ2) is 7.97. The van der Waals surface area contributed by atoms with Crippen LogP contribution in [0.2, 0.25) is 0 Å². The van der Waals surface area contributed by atoms with E-state index in [1.807, 2.05) is 24.3 Å². The lowest BCUT2D eigenvalue weighted by Gasteiger charge is -2.06. The lowest BCUT2D eigenvalue weighted by Crippen LogP contribution is -2.02. The van der Waals surface area contributed by atoms with E-state index >= 15 is 0 Å². The fourth-order valence-electron chi connectivity index (χ4n) is 2.66. The Morgan fingerprint density at radius 3 is 2.62 bits per heavy atom. The van der Waals surface area contributed by atoms with Gasteiger partial charge in [-0.2, -0.15) is 0 Å². The summed E-state index contributed by atoms with van der Waals surface area (Å²) >= 11 is 3.27. The van der Waals surface area contributed by atoms with E-state index in [9.17, 15) is 0 Å². The smallest absolute Gasteiger partial charge is 0.276 e. The number of hydrogen-bond acceptors (Lipinski definition) is 6. The standard InChI is InChI=1S/C19H18N4OS2/c1-2-25-19-22-21-17(24-19)12-23-16-11-7-6-10-15(16)20-18(23)26-13-14-8-4-3-5-9-14/h3-11H,2,12-13H2,1H3. The van der Waals surface area contributed by atoms with E-state index in [1.54, 1.807) is 23.5 Å². The third-order valence-electron chi connectivity index (χ3n) is 3.84. The summed E-state index contributed by atoms with van der Waals surface area (Å²) in [5.74, 6) is 2.38. The number of rotatable bonds is 7. The van der Waals surface area contributed by atoms with E-state index in [0.717, 1.165) is 27.7 Å². The van der Waals surface area contributed by atoms with Crippen LogP contribution in [0.15, 0.2) is 69.4 Å². The third kappa shape index (κ3) is 3.78. The first-order valence-electron chi connectivity index (χ1n) is 8.40. The topological polar surface area (TPSA) is 56.7 Å². The lowest BCUT2D eigenvalue weighted by molar-refractivity contribution is 0.402. The van der Waals surface area contributed by atoms with Crippen LogP contribution < -0.4 is 0 Å². The molecule has 2 aromatic heterocycles. The van der Waals surface area contributed by atoms with E-state index in [-0.39, 0.29) is 0 Å². The van der Waals surface area contributed by atoms with Gasteiger partial charge in [-0.25, -0.2) is 4.98 Å². The summed E-state index contributed by atoms with van der Waals surface area (Å²) in [6, 6.07) is 18.6. The monoisotopic (exact) mass is 382 g/mol. The molecule has 0 atom stereocenters. The Hall–Kier alpha value is -2.25. The van der Waals surface area contributed by atoms with Gasteiger partial charge in [-0.05, 0) is 23.4 Å². The first kappa shape index (κ1) is 17.2. The minimum absolute atomic E-state index is 0.523. The molecule has 0 N–H and O–H groups in total. The first-order valence-corrected chi connectivity index (χ1v) is 10.4. The van der Waals surface area contributed by atoms with Crippen molar-refractivity contribution in [3.63, 3.8) is 0 Å². The summed E-state index contributed by atoms with van der Waals surface area (Å²) < 4.78 is 7.90. The molecule has 0 fully saturated rings. The van der Waals surface area contributed by atoms with Crippen LogP contribution in [-0.2, 0) is 12.3 Å². The Morgan fingerprint density at radius 1 is 0.962 bits per heavy atom. The molecule has 2 aromatic carbocycles. The van der Waals surface area contributed by atoms with Crippen LogP contribution in [-0.4, -0.2) is 25.5 Å². The first-order chi connectivity index (χ1) is 12.8. The molecule has 0 aliphatic rings. The molecule has 26 heavy (non-hydrogen) atoms. The SMILES string of the molecule is CCSc1nnc(Cn2c(SCc3ccccc3)nc3ccccc32)o1. The van der Waals surface area contributed by atoms with Crippen molar-refractivity contribution in [2.24, 2.45) is 0 Å². The van der Waals surface area contributed by atoms with Crippen molar-refractivity contribution in [1.82, 2.24) is 19.7 Å². The van der Waals surface area contributed by atoms with Crippen LogP contribution in [0.5, 0.6) is 0 Å². The van der Waals surface area contributed by atoms with E-state index in [4.69, 9.17) is 9.40 Å². The molecule has 0 saturated carbocycles. The highest BCUT2D eigenvalue weighted by atomic mass is 32.2. The van der Waals surface area contributed by atoms with Crippen LogP contribution in [0.1, 0.15) is 18.4 Å². The molecule has 5 nitrogen and oxygen atoms in total. The Labute approximate surface area is 160 Å². The van der Waals surface area contributed by atoms with E-state index in [1.165, 1.54) is 5.56 Å². The van der Waals surface area contributed by atoms with Gasteiger partial charge in [0.25, 0.3) is 5.22 Å². The maximum atomic E-state index is 5.75. The normalized spacial score (nSPS) is 11.3. The highest BCUT2D eigenvalue weighted by Crippen LogP contribution is 2.28. The van der Waals surface area contributed by atoms with Crippen molar-refractivity contribution >= 4 is 34.6 Å². The van der Waals surface area contributed by atoms with Gasteiger partial charge in [-0.3, -0.25) is 0 Å². The van der Waals surface area contributed by atoms with Crippen LogP contribution in [0.25, 0.3) is 11.0 Å². The summed E-state index contributed by atoms with van der Waals surface area (Å²) in [5.41, 5.74) is 3.33. The molecule has 0 aliphatic carbocycles. The summed E-state index contributed by atoms with van der Waals surface area (Å²) in [7, 11) is 0. The van der Waals surface area contributed by atoms with Gasteiger partial charge >= 0.3 is 0 Å². The average molecular weight is 383 g/mol. The van der Waals surface area contributed by atoms with Crippen LogP contribution in [0.4, 0.5) is 0 Å². The number of hydrogen-bond donors (Lipinski definition) is 0. The summed E-state index contributed by atoms with van der Waals surface area (Å²) in [5, 5.41) is 9.85. The minimum Gasteiger partial charge on any atom is -0.414 e. The number of para-hydroxylation sites is 2. The van der Waals surface area contributed by atoms with Gasteiger partial charge in [-0.15, -0.1) is 10.2 Å².